The average Bonchev–Trinajstić information content (AvgIpc) is 3.05. The van der Waals surface area contributed by atoms with Gasteiger partial charge in [0.2, 0.25) is 0 Å². The number of aromatic amines is 1. The lowest BCUT2D eigenvalue weighted by atomic mass is 10.0. The van der Waals surface area contributed by atoms with Crippen molar-refractivity contribution in [3.63, 3.8) is 0 Å². The van der Waals surface area contributed by atoms with Crippen molar-refractivity contribution in [1.82, 2.24) is 14.9 Å². The van der Waals surface area contributed by atoms with Gasteiger partial charge in [-0.25, -0.2) is 4.98 Å². The van der Waals surface area contributed by atoms with E-state index >= 15 is 0 Å². The topological polar surface area (TPSA) is 84.7 Å². The second-order valence-electron chi connectivity index (χ2n) is 7.06. The molecule has 6 nitrogen and oxygen atoms in total. The zero-order valence-electron chi connectivity index (χ0n) is 15.2. The van der Waals surface area contributed by atoms with Crippen LogP contribution in [0.3, 0.4) is 0 Å². The van der Waals surface area contributed by atoms with Crippen molar-refractivity contribution in [2.45, 2.75) is 32.2 Å². The van der Waals surface area contributed by atoms with Gasteiger partial charge in [0.25, 0.3) is 0 Å². The van der Waals surface area contributed by atoms with Gasteiger partial charge in [0.15, 0.2) is 0 Å². The Bertz CT molecular complexity index is 964. The Hall–Kier alpha value is -2.86. The van der Waals surface area contributed by atoms with Crippen LogP contribution < -0.4 is 0 Å². The minimum atomic E-state index is 0.0269. The molecule has 0 bridgehead atoms. The van der Waals surface area contributed by atoms with Gasteiger partial charge in [-0.15, -0.1) is 0 Å². The van der Waals surface area contributed by atoms with Gasteiger partial charge in [-0.3, -0.25) is 4.90 Å². The highest BCUT2D eigenvalue weighted by Gasteiger charge is 2.19. The summed E-state index contributed by atoms with van der Waals surface area (Å²) in [4.78, 5) is 10.4. The van der Waals surface area contributed by atoms with Gasteiger partial charge < -0.3 is 15.3 Å². The Morgan fingerprint density at radius 1 is 1.19 bits per heavy atom. The second-order valence-corrected chi connectivity index (χ2v) is 7.06. The number of fused-ring (bicyclic) bond motifs is 3. The van der Waals surface area contributed by atoms with Gasteiger partial charge in [0.1, 0.15) is 11.4 Å². The molecule has 6 heteroatoms. The van der Waals surface area contributed by atoms with E-state index in [4.69, 9.17) is 5.21 Å². The molecule has 0 spiro atoms. The van der Waals surface area contributed by atoms with Crippen molar-refractivity contribution < 1.29 is 10.3 Å². The summed E-state index contributed by atoms with van der Waals surface area (Å²) in [5, 5.41) is 22.6. The maximum Gasteiger partial charge on any atom is 0.142 e. The number of hydrogen-bond acceptors (Lipinski definition) is 5. The highest BCUT2D eigenvalue weighted by atomic mass is 16.4. The van der Waals surface area contributed by atoms with Crippen LogP contribution in [0.25, 0.3) is 10.9 Å². The minimum Gasteiger partial charge on any atom is -0.506 e. The number of aromatic hydroxyl groups is 1. The molecule has 2 aromatic heterocycles. The van der Waals surface area contributed by atoms with Crippen molar-refractivity contribution in [3.8, 4) is 5.75 Å². The summed E-state index contributed by atoms with van der Waals surface area (Å²) < 4.78 is 0. The normalized spacial score (nSPS) is 14.8. The fourth-order valence-corrected chi connectivity index (χ4v) is 3.88. The lowest BCUT2D eigenvalue weighted by Crippen LogP contribution is -2.31. The number of rotatable bonds is 6. The highest BCUT2D eigenvalue weighted by molar-refractivity contribution is 5.84. The van der Waals surface area contributed by atoms with Gasteiger partial charge in [0, 0.05) is 35.4 Å². The third-order valence-corrected chi connectivity index (χ3v) is 5.26. The molecule has 3 aromatic rings. The first-order chi connectivity index (χ1) is 13.2. The third-order valence-electron chi connectivity index (χ3n) is 5.26. The van der Waals surface area contributed by atoms with Crippen LogP contribution in [-0.2, 0) is 19.4 Å². The molecule has 3 N–H and O–H groups in total. The van der Waals surface area contributed by atoms with Gasteiger partial charge in [-0.2, -0.15) is 0 Å². The molecular formula is C21H24N4O2. The summed E-state index contributed by atoms with van der Waals surface area (Å²) in [6.45, 7) is 3.15. The zero-order chi connectivity index (χ0) is 18.6. The van der Waals surface area contributed by atoms with Crippen molar-refractivity contribution in [2.24, 2.45) is 5.16 Å². The van der Waals surface area contributed by atoms with Crippen LogP contribution in [0.4, 0.5) is 0 Å². The SMILES string of the molecule is O/N=C/c1nc(CCCCN2CCc3c([nH]c4ccccc34)C2)ccc1O. The Kier molecular flexibility index (Phi) is 5.07. The van der Waals surface area contributed by atoms with E-state index in [0.717, 1.165) is 57.2 Å². The van der Waals surface area contributed by atoms with Crippen LogP contribution >= 0.6 is 0 Å². The molecule has 0 atom stereocenters. The number of H-pyrrole nitrogens is 1. The molecule has 1 aliphatic rings. The summed E-state index contributed by atoms with van der Waals surface area (Å²) in [6, 6.07) is 12.0. The lowest BCUT2D eigenvalue weighted by Gasteiger charge is -2.26. The predicted octanol–water partition coefficient (Wildman–Crippen LogP) is 3.46. The molecular weight excluding hydrogens is 340 g/mol. The summed E-state index contributed by atoms with van der Waals surface area (Å²) in [5.74, 6) is 0.0269. The molecule has 0 aliphatic carbocycles. The molecule has 1 aromatic carbocycles. The standard InChI is InChI=1S/C21H24N4O2/c26-21-9-8-15(23-19(21)13-22-27)5-3-4-11-25-12-10-17-16-6-1-2-7-18(16)24-20(17)14-25/h1-2,6-9,13,24,26-27H,3-5,10-12,14H2/b22-13+. The third kappa shape index (κ3) is 3.80. The first kappa shape index (κ1) is 17.5. The van der Waals surface area contributed by atoms with Crippen LogP contribution in [0, 0.1) is 0 Å². The number of para-hydroxylation sites is 1. The van der Waals surface area contributed by atoms with Gasteiger partial charge in [0.05, 0.1) is 6.21 Å². The number of nitrogens with one attached hydrogen (secondary N) is 1. The van der Waals surface area contributed by atoms with E-state index in [0.29, 0.717) is 5.69 Å². The van der Waals surface area contributed by atoms with E-state index in [-0.39, 0.29) is 5.75 Å². The van der Waals surface area contributed by atoms with E-state index in [1.54, 1.807) is 6.07 Å². The minimum absolute atomic E-state index is 0.0269. The molecule has 0 saturated heterocycles. The molecule has 3 heterocycles. The van der Waals surface area contributed by atoms with Crippen LogP contribution in [0.5, 0.6) is 5.75 Å². The quantitative estimate of drug-likeness (QED) is 0.271. The summed E-state index contributed by atoms with van der Waals surface area (Å²) in [5.41, 5.74) is 5.28. The Labute approximate surface area is 158 Å². The molecule has 0 unspecified atom stereocenters. The van der Waals surface area contributed by atoms with Crippen LogP contribution in [0.1, 0.15) is 35.5 Å². The Balaban J connectivity index is 1.30. The number of unbranched alkanes of at least 4 members (excludes halogenated alkanes) is 1. The Morgan fingerprint density at radius 3 is 2.96 bits per heavy atom. The van der Waals surface area contributed by atoms with E-state index < -0.39 is 0 Å². The molecule has 0 radical (unpaired) electrons. The highest BCUT2D eigenvalue weighted by Crippen LogP contribution is 2.27. The largest absolute Gasteiger partial charge is 0.506 e. The first-order valence-corrected chi connectivity index (χ1v) is 9.42. The monoisotopic (exact) mass is 364 g/mol. The molecule has 140 valence electrons. The molecule has 0 fully saturated rings. The maximum atomic E-state index is 9.67. The summed E-state index contributed by atoms with van der Waals surface area (Å²) in [6.07, 6.45) is 5.23. The number of oxime groups is 1. The molecule has 1 aliphatic heterocycles. The van der Waals surface area contributed by atoms with Crippen LogP contribution in [0.15, 0.2) is 41.6 Å². The number of pyridine rings is 1. The first-order valence-electron chi connectivity index (χ1n) is 9.42. The van der Waals surface area contributed by atoms with Crippen molar-refractivity contribution >= 4 is 17.1 Å². The van der Waals surface area contributed by atoms with Gasteiger partial charge in [-0.05, 0) is 56.0 Å². The fraction of sp³-hybridized carbons (Fsp3) is 0.333. The number of nitrogens with zero attached hydrogens (tertiary/aromatic N) is 3. The van der Waals surface area contributed by atoms with E-state index in [1.165, 1.54) is 22.2 Å². The average molecular weight is 364 g/mol. The smallest absolute Gasteiger partial charge is 0.142 e. The van der Waals surface area contributed by atoms with Gasteiger partial charge >= 0.3 is 0 Å². The van der Waals surface area contributed by atoms with Gasteiger partial charge in [-0.1, -0.05) is 23.4 Å². The summed E-state index contributed by atoms with van der Waals surface area (Å²) >= 11 is 0. The molecule has 27 heavy (non-hydrogen) atoms. The fourth-order valence-electron chi connectivity index (χ4n) is 3.88. The van der Waals surface area contributed by atoms with E-state index in [2.05, 4.69) is 44.3 Å². The lowest BCUT2D eigenvalue weighted by molar-refractivity contribution is 0.247. The van der Waals surface area contributed by atoms with Crippen molar-refractivity contribution in [2.75, 3.05) is 13.1 Å². The number of aromatic nitrogens is 2. The van der Waals surface area contributed by atoms with Crippen molar-refractivity contribution in [1.29, 1.82) is 0 Å². The summed E-state index contributed by atoms with van der Waals surface area (Å²) in [7, 11) is 0. The number of benzene rings is 1. The van der Waals surface area contributed by atoms with Crippen LogP contribution in [-0.4, -0.2) is 44.5 Å². The molecule has 4 rings (SSSR count). The zero-order valence-corrected chi connectivity index (χ0v) is 15.2. The Morgan fingerprint density at radius 2 is 2.07 bits per heavy atom. The second kappa shape index (κ2) is 7.80. The predicted molar refractivity (Wildman–Crippen MR) is 106 cm³/mol. The van der Waals surface area contributed by atoms with Crippen molar-refractivity contribution in [3.05, 3.63) is 59.0 Å². The molecule has 0 saturated carbocycles. The van der Waals surface area contributed by atoms with E-state index in [1.807, 2.05) is 6.07 Å². The molecule has 0 amide bonds. The van der Waals surface area contributed by atoms with E-state index in [9.17, 15) is 5.11 Å². The van der Waals surface area contributed by atoms with Crippen LogP contribution in [0.2, 0.25) is 0 Å². The number of aryl methyl sites for hydroxylation is 1. The maximum absolute atomic E-state index is 9.67. The number of hydrogen-bond donors (Lipinski definition) is 3.